The number of rotatable bonds is 11. The van der Waals surface area contributed by atoms with E-state index in [-0.39, 0.29) is 12.6 Å². The number of carbonyl (C=O) groups is 2. The van der Waals surface area contributed by atoms with Gasteiger partial charge in [-0.1, -0.05) is 50.5 Å². The zero-order chi connectivity index (χ0) is 29.5. The van der Waals surface area contributed by atoms with Crippen LogP contribution in [0.3, 0.4) is 0 Å². The predicted octanol–water partition coefficient (Wildman–Crippen LogP) is 7.24. The average molecular weight is 626 g/mol. The summed E-state index contributed by atoms with van der Waals surface area (Å²) >= 11 is 3.52. The van der Waals surface area contributed by atoms with Gasteiger partial charge in [-0.15, -0.1) is 0 Å². The first-order valence-electron chi connectivity index (χ1n) is 14.5. The van der Waals surface area contributed by atoms with Crippen LogP contribution in [0.1, 0.15) is 80.3 Å². The lowest BCUT2D eigenvalue weighted by molar-refractivity contribution is -0.151. The summed E-state index contributed by atoms with van der Waals surface area (Å²) in [7, 11) is 1.64. The number of nitrogens with zero attached hydrogens (tertiary/aromatic N) is 1. The third-order valence-corrected chi connectivity index (χ3v) is 8.67. The Morgan fingerprint density at radius 1 is 1.02 bits per heavy atom. The SMILES string of the molecule is CCN(Cc1cc(C(=O)OCC(C)OC(=O)C(C)c2ccc3cc(OC)ccc3c2)cc(Br)c1N)C1CCCCC1. The van der Waals surface area contributed by atoms with Gasteiger partial charge < -0.3 is 19.9 Å². The fourth-order valence-corrected chi connectivity index (χ4v) is 5.97. The molecule has 4 rings (SSSR count). The largest absolute Gasteiger partial charge is 0.497 e. The molecule has 2 N–H and O–H groups in total. The number of anilines is 1. The molecule has 2 atom stereocenters. The maximum Gasteiger partial charge on any atom is 0.338 e. The first-order valence-corrected chi connectivity index (χ1v) is 15.3. The molecule has 3 aromatic carbocycles. The third kappa shape index (κ3) is 7.80. The molecule has 0 bridgehead atoms. The molecular weight excluding hydrogens is 584 g/mol. The summed E-state index contributed by atoms with van der Waals surface area (Å²) in [5, 5.41) is 2.04. The zero-order valence-electron chi connectivity index (χ0n) is 24.5. The highest BCUT2D eigenvalue weighted by Crippen LogP contribution is 2.30. The fourth-order valence-electron chi connectivity index (χ4n) is 5.47. The van der Waals surface area contributed by atoms with Gasteiger partial charge in [0.25, 0.3) is 0 Å². The van der Waals surface area contributed by atoms with Crippen LogP contribution >= 0.6 is 15.9 Å². The van der Waals surface area contributed by atoms with E-state index in [1.165, 1.54) is 32.1 Å². The molecule has 1 aliphatic carbocycles. The summed E-state index contributed by atoms with van der Waals surface area (Å²) in [5.74, 6) is -0.540. The highest BCUT2D eigenvalue weighted by Gasteiger charge is 2.23. The van der Waals surface area contributed by atoms with Crippen molar-refractivity contribution in [3.8, 4) is 5.75 Å². The van der Waals surface area contributed by atoms with Crippen molar-refractivity contribution in [1.29, 1.82) is 0 Å². The number of nitrogens with two attached hydrogens (primary N) is 1. The standard InChI is InChI=1S/C33H41BrN2O5/c1-5-36(28-9-7-6-8-10-28)19-27-16-26(18-30(34)31(27)35)33(38)40-20-21(2)41-32(37)22(3)23-11-12-25-17-29(39-4)14-13-24(25)15-23/h11-18,21-22,28H,5-10,19-20,35H2,1-4H3. The first kappa shape index (κ1) is 30.8. The number of hydrogen-bond donors (Lipinski definition) is 1. The molecule has 0 saturated heterocycles. The van der Waals surface area contributed by atoms with Gasteiger partial charge in [-0.3, -0.25) is 9.69 Å². The van der Waals surface area contributed by atoms with Gasteiger partial charge in [0.05, 0.1) is 24.3 Å². The maximum atomic E-state index is 13.0. The normalized spacial score (nSPS) is 15.5. The van der Waals surface area contributed by atoms with E-state index in [0.29, 0.717) is 28.3 Å². The molecule has 0 radical (unpaired) electrons. The molecule has 8 heteroatoms. The van der Waals surface area contributed by atoms with Crippen LogP contribution in [0.5, 0.6) is 5.75 Å². The number of nitrogen functional groups attached to an aromatic ring is 1. The lowest BCUT2D eigenvalue weighted by atomic mass is 9.93. The summed E-state index contributed by atoms with van der Waals surface area (Å²) in [6, 6.07) is 15.7. The van der Waals surface area contributed by atoms with Crippen molar-refractivity contribution >= 4 is 44.3 Å². The number of ether oxygens (including phenoxy) is 3. The highest BCUT2D eigenvalue weighted by atomic mass is 79.9. The van der Waals surface area contributed by atoms with Crippen LogP contribution in [0.4, 0.5) is 5.69 Å². The van der Waals surface area contributed by atoms with Gasteiger partial charge >= 0.3 is 11.9 Å². The van der Waals surface area contributed by atoms with Crippen LogP contribution in [0.2, 0.25) is 0 Å². The molecule has 0 amide bonds. The second-order valence-corrected chi connectivity index (χ2v) is 11.8. The molecule has 0 aromatic heterocycles. The van der Waals surface area contributed by atoms with Crippen LogP contribution in [0, 0.1) is 0 Å². The number of fused-ring (bicyclic) bond motifs is 1. The molecule has 0 spiro atoms. The van der Waals surface area contributed by atoms with Gasteiger partial charge in [0.2, 0.25) is 0 Å². The number of benzene rings is 3. The Labute approximate surface area is 251 Å². The van der Waals surface area contributed by atoms with E-state index in [4.69, 9.17) is 19.9 Å². The lowest BCUT2D eigenvalue weighted by Gasteiger charge is -2.34. The highest BCUT2D eigenvalue weighted by molar-refractivity contribution is 9.10. The zero-order valence-corrected chi connectivity index (χ0v) is 26.0. The van der Waals surface area contributed by atoms with Crippen molar-refractivity contribution < 1.29 is 23.8 Å². The van der Waals surface area contributed by atoms with E-state index in [0.717, 1.165) is 34.2 Å². The molecule has 1 saturated carbocycles. The van der Waals surface area contributed by atoms with E-state index < -0.39 is 18.0 Å². The summed E-state index contributed by atoms with van der Waals surface area (Å²) in [6.07, 6.45) is 5.61. The topological polar surface area (TPSA) is 91.1 Å². The Bertz CT molecular complexity index is 1370. The molecule has 220 valence electrons. The van der Waals surface area contributed by atoms with Crippen molar-refractivity contribution in [3.63, 3.8) is 0 Å². The summed E-state index contributed by atoms with van der Waals surface area (Å²) in [4.78, 5) is 28.3. The molecule has 0 aliphatic heterocycles. The quantitative estimate of drug-likeness (QED) is 0.178. The first-order chi connectivity index (χ1) is 19.7. The third-order valence-electron chi connectivity index (χ3n) is 8.01. The molecule has 3 aromatic rings. The summed E-state index contributed by atoms with van der Waals surface area (Å²) in [5.41, 5.74) is 9.20. The van der Waals surface area contributed by atoms with E-state index in [9.17, 15) is 9.59 Å². The minimum atomic E-state index is -0.600. The van der Waals surface area contributed by atoms with Gasteiger partial charge in [0.1, 0.15) is 18.5 Å². The van der Waals surface area contributed by atoms with Crippen molar-refractivity contribution in [1.82, 2.24) is 4.90 Å². The predicted molar refractivity (Wildman–Crippen MR) is 166 cm³/mol. The van der Waals surface area contributed by atoms with Crippen molar-refractivity contribution in [2.24, 2.45) is 0 Å². The minimum Gasteiger partial charge on any atom is -0.497 e. The Kier molecular flexibility index (Phi) is 10.7. The van der Waals surface area contributed by atoms with Crippen LogP contribution < -0.4 is 10.5 Å². The molecule has 2 unspecified atom stereocenters. The molecule has 1 fully saturated rings. The van der Waals surface area contributed by atoms with E-state index >= 15 is 0 Å². The van der Waals surface area contributed by atoms with Gasteiger partial charge in [0, 0.05) is 17.1 Å². The van der Waals surface area contributed by atoms with Crippen molar-refractivity contribution in [3.05, 3.63) is 69.7 Å². The second-order valence-electron chi connectivity index (χ2n) is 10.9. The second kappa shape index (κ2) is 14.2. The van der Waals surface area contributed by atoms with Gasteiger partial charge in [-0.2, -0.15) is 0 Å². The Morgan fingerprint density at radius 2 is 1.73 bits per heavy atom. The molecule has 41 heavy (non-hydrogen) atoms. The summed E-state index contributed by atoms with van der Waals surface area (Å²) < 4.78 is 17.1. The molecule has 1 aliphatic rings. The van der Waals surface area contributed by atoms with Crippen LogP contribution in [-0.2, 0) is 20.8 Å². The van der Waals surface area contributed by atoms with Crippen molar-refractivity contribution in [2.45, 2.75) is 77.5 Å². The average Bonchev–Trinajstić information content (AvgIpc) is 2.99. The maximum absolute atomic E-state index is 13.0. The van der Waals surface area contributed by atoms with Gasteiger partial charge in [0.15, 0.2) is 0 Å². The van der Waals surface area contributed by atoms with E-state index in [1.807, 2.05) is 49.4 Å². The minimum absolute atomic E-state index is 0.0463. The number of carbonyl (C=O) groups excluding carboxylic acids is 2. The van der Waals surface area contributed by atoms with Crippen LogP contribution in [-0.4, -0.2) is 49.2 Å². The summed E-state index contributed by atoms with van der Waals surface area (Å²) in [6.45, 7) is 7.26. The van der Waals surface area contributed by atoms with Crippen molar-refractivity contribution in [2.75, 3.05) is 26.0 Å². The fraction of sp³-hybridized carbons (Fsp3) is 0.455. The number of esters is 2. The number of methoxy groups -OCH3 is 1. The molecular formula is C33H41BrN2O5. The monoisotopic (exact) mass is 624 g/mol. The van der Waals surface area contributed by atoms with E-state index in [1.54, 1.807) is 20.1 Å². The molecule has 0 heterocycles. The lowest BCUT2D eigenvalue weighted by Crippen LogP contribution is -2.36. The van der Waals surface area contributed by atoms with E-state index in [2.05, 4.69) is 27.8 Å². The molecule has 7 nitrogen and oxygen atoms in total. The number of hydrogen-bond acceptors (Lipinski definition) is 7. The Balaban J connectivity index is 1.34. The van der Waals surface area contributed by atoms with Gasteiger partial charge in [-0.05, 0) is 95.3 Å². The van der Waals surface area contributed by atoms with Crippen LogP contribution in [0.25, 0.3) is 10.8 Å². The Morgan fingerprint density at radius 3 is 2.44 bits per heavy atom. The Hall–Kier alpha value is -3.10. The van der Waals surface area contributed by atoms with Gasteiger partial charge in [-0.25, -0.2) is 4.79 Å². The number of halogens is 1. The van der Waals surface area contributed by atoms with Crippen LogP contribution in [0.15, 0.2) is 53.0 Å². The smallest absolute Gasteiger partial charge is 0.338 e.